The standard InChI is InChI=1S/C13H16ClNO4/c1-8(13(16)17)15-7-9-5-10(14)12-11(6-9)18-3-2-4-19-12/h5-6,8,15H,2-4,7H2,1H3,(H,16,17). The molecule has 0 amide bonds. The Morgan fingerprint density at radius 3 is 2.95 bits per heavy atom. The average Bonchev–Trinajstić information content (AvgIpc) is 2.61. The molecule has 5 nitrogen and oxygen atoms in total. The number of carboxylic acids is 1. The van der Waals surface area contributed by atoms with E-state index in [0.29, 0.717) is 36.3 Å². The van der Waals surface area contributed by atoms with Crippen molar-refractivity contribution in [3.63, 3.8) is 0 Å². The fourth-order valence-corrected chi connectivity index (χ4v) is 2.03. The van der Waals surface area contributed by atoms with Gasteiger partial charge in [-0.1, -0.05) is 11.6 Å². The highest BCUT2D eigenvalue weighted by Gasteiger charge is 2.16. The predicted molar refractivity (Wildman–Crippen MR) is 71.0 cm³/mol. The lowest BCUT2D eigenvalue weighted by Crippen LogP contribution is -2.33. The van der Waals surface area contributed by atoms with Crippen LogP contribution in [0.3, 0.4) is 0 Å². The Labute approximate surface area is 116 Å². The van der Waals surface area contributed by atoms with Crippen LogP contribution in [0.15, 0.2) is 12.1 Å². The van der Waals surface area contributed by atoms with Crippen molar-refractivity contribution in [2.45, 2.75) is 25.9 Å². The molecule has 0 spiro atoms. The molecule has 1 aromatic rings. The van der Waals surface area contributed by atoms with Gasteiger partial charge in [0, 0.05) is 13.0 Å². The first-order chi connectivity index (χ1) is 9.08. The summed E-state index contributed by atoms with van der Waals surface area (Å²) in [6.07, 6.45) is 0.814. The third-order valence-corrected chi connectivity index (χ3v) is 3.13. The topological polar surface area (TPSA) is 67.8 Å². The highest BCUT2D eigenvalue weighted by Crippen LogP contribution is 2.37. The second-order valence-electron chi connectivity index (χ2n) is 4.40. The second-order valence-corrected chi connectivity index (χ2v) is 4.80. The zero-order valence-corrected chi connectivity index (χ0v) is 11.4. The average molecular weight is 286 g/mol. The van der Waals surface area contributed by atoms with Crippen LogP contribution in [0.25, 0.3) is 0 Å². The number of fused-ring (bicyclic) bond motifs is 1. The van der Waals surface area contributed by atoms with Gasteiger partial charge in [-0.3, -0.25) is 4.79 Å². The summed E-state index contributed by atoms with van der Waals surface area (Å²) in [5.41, 5.74) is 0.863. The predicted octanol–water partition coefficient (Wildman–Crippen LogP) is 2.06. The minimum atomic E-state index is -0.888. The van der Waals surface area contributed by atoms with Crippen molar-refractivity contribution < 1.29 is 19.4 Å². The molecule has 1 aliphatic heterocycles. The molecule has 0 bridgehead atoms. The first kappa shape index (κ1) is 14.0. The third kappa shape index (κ3) is 3.52. The van der Waals surface area contributed by atoms with Gasteiger partial charge in [0.2, 0.25) is 0 Å². The van der Waals surface area contributed by atoms with Gasteiger partial charge in [-0.15, -0.1) is 0 Å². The monoisotopic (exact) mass is 285 g/mol. The molecule has 0 aliphatic carbocycles. The van der Waals surface area contributed by atoms with Crippen LogP contribution in [-0.2, 0) is 11.3 Å². The van der Waals surface area contributed by atoms with Crippen molar-refractivity contribution in [3.05, 3.63) is 22.7 Å². The van der Waals surface area contributed by atoms with E-state index in [1.807, 2.05) is 6.07 Å². The Morgan fingerprint density at radius 1 is 1.47 bits per heavy atom. The smallest absolute Gasteiger partial charge is 0.320 e. The molecule has 1 aliphatic rings. The Kier molecular flexibility index (Phi) is 4.50. The molecule has 0 saturated heterocycles. The molecule has 1 unspecified atom stereocenters. The molecule has 2 N–H and O–H groups in total. The highest BCUT2D eigenvalue weighted by molar-refractivity contribution is 6.32. The Balaban J connectivity index is 2.12. The first-order valence-electron chi connectivity index (χ1n) is 6.12. The van der Waals surface area contributed by atoms with Gasteiger partial charge in [0.25, 0.3) is 0 Å². The van der Waals surface area contributed by atoms with E-state index in [9.17, 15) is 4.79 Å². The fraction of sp³-hybridized carbons (Fsp3) is 0.462. The van der Waals surface area contributed by atoms with Crippen molar-refractivity contribution in [2.75, 3.05) is 13.2 Å². The molecule has 0 fully saturated rings. The Hall–Kier alpha value is -1.46. The number of benzene rings is 1. The van der Waals surface area contributed by atoms with Gasteiger partial charge < -0.3 is 19.9 Å². The molecule has 0 radical (unpaired) electrons. The molecular formula is C13H16ClNO4. The summed E-state index contributed by atoms with van der Waals surface area (Å²) in [7, 11) is 0. The zero-order chi connectivity index (χ0) is 13.8. The van der Waals surface area contributed by atoms with Crippen LogP contribution >= 0.6 is 11.6 Å². The summed E-state index contributed by atoms with van der Waals surface area (Å²) < 4.78 is 11.1. The van der Waals surface area contributed by atoms with E-state index in [0.717, 1.165) is 12.0 Å². The molecule has 0 saturated carbocycles. The summed E-state index contributed by atoms with van der Waals surface area (Å²) >= 11 is 6.15. The second kappa shape index (κ2) is 6.12. The molecule has 0 aromatic heterocycles. The zero-order valence-electron chi connectivity index (χ0n) is 10.6. The van der Waals surface area contributed by atoms with E-state index in [4.69, 9.17) is 26.2 Å². The van der Waals surface area contributed by atoms with E-state index in [-0.39, 0.29) is 0 Å². The van der Waals surface area contributed by atoms with Crippen molar-refractivity contribution in [1.29, 1.82) is 0 Å². The van der Waals surface area contributed by atoms with Gasteiger partial charge in [-0.2, -0.15) is 0 Å². The maximum Gasteiger partial charge on any atom is 0.320 e. The van der Waals surface area contributed by atoms with Gasteiger partial charge in [-0.25, -0.2) is 0 Å². The van der Waals surface area contributed by atoms with Crippen molar-refractivity contribution in [1.82, 2.24) is 5.32 Å². The number of hydrogen-bond acceptors (Lipinski definition) is 4. The molecule has 2 rings (SSSR count). The number of aliphatic carboxylic acids is 1. The minimum Gasteiger partial charge on any atom is -0.489 e. The minimum absolute atomic E-state index is 0.407. The Morgan fingerprint density at radius 2 is 2.21 bits per heavy atom. The number of halogens is 1. The summed E-state index contributed by atoms with van der Waals surface area (Å²) in [4.78, 5) is 10.7. The SMILES string of the molecule is CC(NCc1cc(Cl)c2c(c1)OCCCO2)C(=O)O. The van der Waals surface area contributed by atoms with Crippen molar-refractivity contribution in [3.8, 4) is 11.5 Å². The quantitative estimate of drug-likeness (QED) is 0.886. The number of nitrogens with one attached hydrogen (secondary N) is 1. The summed E-state index contributed by atoms with van der Waals surface area (Å²) in [6.45, 7) is 3.17. The van der Waals surface area contributed by atoms with Gasteiger partial charge in [0.15, 0.2) is 11.5 Å². The van der Waals surface area contributed by atoms with Crippen molar-refractivity contribution in [2.24, 2.45) is 0 Å². The largest absolute Gasteiger partial charge is 0.489 e. The molecule has 104 valence electrons. The lowest BCUT2D eigenvalue weighted by Gasteiger charge is -2.13. The lowest BCUT2D eigenvalue weighted by atomic mass is 10.2. The molecule has 1 aromatic carbocycles. The first-order valence-corrected chi connectivity index (χ1v) is 6.50. The molecule has 19 heavy (non-hydrogen) atoms. The van der Waals surface area contributed by atoms with Crippen LogP contribution in [0.2, 0.25) is 5.02 Å². The van der Waals surface area contributed by atoms with Crippen LogP contribution < -0.4 is 14.8 Å². The van der Waals surface area contributed by atoms with E-state index in [1.54, 1.807) is 13.0 Å². The van der Waals surface area contributed by atoms with E-state index < -0.39 is 12.0 Å². The van der Waals surface area contributed by atoms with Crippen LogP contribution in [-0.4, -0.2) is 30.3 Å². The molecule has 1 heterocycles. The summed E-state index contributed by atoms with van der Waals surface area (Å²) in [5.74, 6) is 0.291. The van der Waals surface area contributed by atoms with Crippen LogP contribution in [0.1, 0.15) is 18.9 Å². The molecule has 6 heteroatoms. The summed E-state index contributed by atoms with van der Waals surface area (Å²) in [5, 5.41) is 12.2. The number of ether oxygens (including phenoxy) is 2. The van der Waals surface area contributed by atoms with Crippen LogP contribution in [0.4, 0.5) is 0 Å². The normalized spacial score (nSPS) is 15.7. The maximum absolute atomic E-state index is 10.7. The van der Waals surface area contributed by atoms with Gasteiger partial charge in [0.1, 0.15) is 6.04 Å². The van der Waals surface area contributed by atoms with Gasteiger partial charge >= 0.3 is 5.97 Å². The molecular weight excluding hydrogens is 270 g/mol. The van der Waals surface area contributed by atoms with Crippen LogP contribution in [0, 0.1) is 0 Å². The fourth-order valence-electron chi connectivity index (χ4n) is 1.74. The van der Waals surface area contributed by atoms with Crippen LogP contribution in [0.5, 0.6) is 11.5 Å². The van der Waals surface area contributed by atoms with E-state index in [1.165, 1.54) is 0 Å². The molecule has 1 atom stereocenters. The highest BCUT2D eigenvalue weighted by atomic mass is 35.5. The number of hydrogen-bond donors (Lipinski definition) is 2. The van der Waals surface area contributed by atoms with Gasteiger partial charge in [-0.05, 0) is 24.6 Å². The van der Waals surface area contributed by atoms with E-state index in [2.05, 4.69) is 5.32 Å². The number of carboxylic acid groups (broad SMARTS) is 1. The van der Waals surface area contributed by atoms with E-state index >= 15 is 0 Å². The maximum atomic E-state index is 10.7. The van der Waals surface area contributed by atoms with Gasteiger partial charge in [0.05, 0.1) is 18.2 Å². The Bertz CT molecular complexity index is 478. The number of carbonyl (C=O) groups is 1. The number of rotatable bonds is 4. The lowest BCUT2D eigenvalue weighted by molar-refractivity contribution is -0.139. The third-order valence-electron chi connectivity index (χ3n) is 2.84. The van der Waals surface area contributed by atoms with Crippen molar-refractivity contribution >= 4 is 17.6 Å². The summed E-state index contributed by atoms with van der Waals surface area (Å²) in [6, 6.07) is 2.97.